The van der Waals surface area contributed by atoms with Crippen molar-refractivity contribution in [3.63, 3.8) is 0 Å². The van der Waals surface area contributed by atoms with Crippen LogP contribution in [0.5, 0.6) is 11.5 Å². The largest absolute Gasteiger partial charge is 0.457 e. The van der Waals surface area contributed by atoms with Gasteiger partial charge in [-0.1, -0.05) is 113 Å². The Labute approximate surface area is 336 Å². The topological polar surface area (TPSA) is 44.9 Å². The fraction of sp³-hybridized carbons (Fsp3) is 0.451. The first-order valence-electron chi connectivity index (χ1n) is 20.9. The number of benzene rings is 3. The van der Waals surface area contributed by atoms with Crippen LogP contribution in [-0.2, 0) is 11.8 Å². The van der Waals surface area contributed by atoms with Crippen molar-refractivity contribution in [1.82, 2.24) is 19.3 Å². The molecule has 5 nitrogen and oxygen atoms in total. The first-order valence-corrected chi connectivity index (χ1v) is 20.9. The minimum Gasteiger partial charge on any atom is -0.457 e. The molecule has 0 bridgehead atoms. The molecule has 0 aliphatic heterocycles. The van der Waals surface area contributed by atoms with E-state index in [-0.39, 0.29) is 16.2 Å². The molecule has 7 rings (SSSR count). The highest BCUT2D eigenvalue weighted by molar-refractivity contribution is 6.09. The first-order chi connectivity index (χ1) is 26.3. The van der Waals surface area contributed by atoms with Crippen LogP contribution in [0.3, 0.4) is 0 Å². The van der Waals surface area contributed by atoms with Crippen LogP contribution in [0.4, 0.5) is 0 Å². The van der Waals surface area contributed by atoms with Gasteiger partial charge in [0.2, 0.25) is 0 Å². The maximum Gasteiger partial charge on any atom is 0.137 e. The summed E-state index contributed by atoms with van der Waals surface area (Å²) in [5.74, 6) is 4.47. The van der Waals surface area contributed by atoms with Crippen molar-refractivity contribution in [2.75, 3.05) is 0 Å². The van der Waals surface area contributed by atoms with Crippen LogP contribution in [0.25, 0.3) is 33.3 Å². The van der Waals surface area contributed by atoms with Gasteiger partial charge in [0.15, 0.2) is 0 Å². The fourth-order valence-electron chi connectivity index (χ4n) is 9.19. The lowest BCUT2D eigenvalue weighted by Gasteiger charge is -2.48. The molecular formula is C51H64N4O. The zero-order valence-electron chi connectivity index (χ0n) is 36.5. The zero-order chi connectivity index (χ0) is 40.5. The van der Waals surface area contributed by atoms with Gasteiger partial charge in [-0.25, -0.2) is 9.67 Å². The summed E-state index contributed by atoms with van der Waals surface area (Å²) in [4.78, 5) is 4.83. The molecule has 0 saturated carbocycles. The molecule has 56 heavy (non-hydrogen) atoms. The van der Waals surface area contributed by atoms with E-state index >= 15 is 0 Å². The highest BCUT2D eigenvalue weighted by atomic mass is 16.5. The molecule has 3 aromatic carbocycles. The fourth-order valence-corrected chi connectivity index (χ4v) is 9.19. The molecule has 0 N–H and O–H groups in total. The molecule has 0 saturated heterocycles. The third-order valence-electron chi connectivity index (χ3n) is 12.5. The molecule has 3 atom stereocenters. The Morgan fingerprint density at radius 3 is 2.16 bits per heavy atom. The van der Waals surface area contributed by atoms with Crippen LogP contribution < -0.4 is 4.74 Å². The number of para-hydroxylation sites is 1. The Kier molecular flexibility index (Phi) is 10.2. The van der Waals surface area contributed by atoms with Gasteiger partial charge < -0.3 is 4.74 Å². The number of hydrogen-bond donors (Lipinski definition) is 0. The molecule has 1 unspecified atom stereocenters. The van der Waals surface area contributed by atoms with E-state index in [1.165, 1.54) is 39.6 Å². The zero-order valence-corrected chi connectivity index (χ0v) is 36.5. The second kappa shape index (κ2) is 14.4. The van der Waals surface area contributed by atoms with Crippen LogP contribution in [0.1, 0.15) is 124 Å². The average Bonchev–Trinajstić information content (AvgIpc) is 3.62. The Hall–Kier alpha value is -4.64. The van der Waals surface area contributed by atoms with Gasteiger partial charge in [0.05, 0.1) is 22.4 Å². The lowest BCUT2D eigenvalue weighted by atomic mass is 9.57. The number of fused-ring (bicyclic) bond motifs is 3. The van der Waals surface area contributed by atoms with Crippen molar-refractivity contribution in [2.45, 2.75) is 121 Å². The van der Waals surface area contributed by atoms with Crippen LogP contribution in [0.2, 0.25) is 0 Å². The van der Waals surface area contributed by atoms with Crippen molar-refractivity contribution >= 4 is 21.8 Å². The van der Waals surface area contributed by atoms with E-state index in [0.29, 0.717) is 23.7 Å². The second-order valence-electron chi connectivity index (χ2n) is 19.9. The molecule has 6 aromatic rings. The molecule has 294 valence electrons. The third-order valence-corrected chi connectivity index (χ3v) is 12.5. The average molecular weight is 749 g/mol. The van der Waals surface area contributed by atoms with Crippen LogP contribution >= 0.6 is 0 Å². The Morgan fingerprint density at radius 1 is 0.786 bits per heavy atom. The highest BCUT2D eigenvalue weighted by Crippen LogP contribution is 2.55. The van der Waals surface area contributed by atoms with E-state index in [1.807, 2.05) is 6.20 Å². The summed E-state index contributed by atoms with van der Waals surface area (Å²) in [6.45, 7) is 32.8. The van der Waals surface area contributed by atoms with Gasteiger partial charge in [0.1, 0.15) is 17.3 Å². The summed E-state index contributed by atoms with van der Waals surface area (Å²) < 4.78 is 11.3. The number of allylic oxidation sites excluding steroid dienone is 2. The van der Waals surface area contributed by atoms with Crippen molar-refractivity contribution in [3.8, 4) is 23.0 Å². The molecular weight excluding hydrogens is 685 g/mol. The van der Waals surface area contributed by atoms with Crippen LogP contribution in [0.15, 0.2) is 90.6 Å². The van der Waals surface area contributed by atoms with Gasteiger partial charge in [0.25, 0.3) is 0 Å². The van der Waals surface area contributed by atoms with Gasteiger partial charge in [-0.05, 0) is 114 Å². The normalized spacial score (nSPS) is 18.3. The summed E-state index contributed by atoms with van der Waals surface area (Å²) in [6, 6.07) is 26.0. The van der Waals surface area contributed by atoms with Gasteiger partial charge in [-0.3, -0.25) is 4.57 Å². The summed E-state index contributed by atoms with van der Waals surface area (Å²) in [6.07, 6.45) is 6.71. The van der Waals surface area contributed by atoms with E-state index in [4.69, 9.17) is 14.8 Å². The lowest BCUT2D eigenvalue weighted by molar-refractivity contribution is 0.146. The summed E-state index contributed by atoms with van der Waals surface area (Å²) >= 11 is 0. The quantitative estimate of drug-likeness (QED) is 0.153. The minimum absolute atomic E-state index is 0.0392. The van der Waals surface area contributed by atoms with E-state index in [1.54, 1.807) is 5.57 Å². The molecule has 3 heterocycles. The molecule has 3 aromatic heterocycles. The number of rotatable bonds is 7. The molecule has 0 amide bonds. The Balaban J connectivity index is 1.35. The van der Waals surface area contributed by atoms with Crippen molar-refractivity contribution < 1.29 is 4.74 Å². The van der Waals surface area contributed by atoms with Gasteiger partial charge in [-0.2, -0.15) is 5.10 Å². The number of aromatic nitrogens is 4. The van der Waals surface area contributed by atoms with Crippen molar-refractivity contribution in [1.29, 1.82) is 0 Å². The second-order valence-corrected chi connectivity index (χ2v) is 19.9. The summed E-state index contributed by atoms with van der Waals surface area (Å²) in [5.41, 5.74) is 11.0. The van der Waals surface area contributed by atoms with Gasteiger partial charge in [0, 0.05) is 46.3 Å². The Bertz CT molecular complexity index is 2430. The van der Waals surface area contributed by atoms with Gasteiger partial charge in [-0.15, -0.1) is 0 Å². The maximum atomic E-state index is 6.88. The van der Waals surface area contributed by atoms with E-state index in [2.05, 4.69) is 185 Å². The van der Waals surface area contributed by atoms with Crippen LogP contribution in [-0.4, -0.2) is 19.3 Å². The number of hydrogen-bond acceptors (Lipinski definition) is 3. The predicted octanol–water partition coefficient (Wildman–Crippen LogP) is 14.0. The monoisotopic (exact) mass is 749 g/mol. The van der Waals surface area contributed by atoms with Crippen molar-refractivity contribution in [3.05, 3.63) is 119 Å². The molecule has 1 aliphatic rings. The SMILES string of the molecule is CCc1ccnc(-n2c3ccccc3c3ccc(Oc4cc(-n5nc(C)c([C@H]6C(C(C)(C)C)=C[C@H](C(C)C)CC6C(C)(C)C)c5C)cc(C(C)(C)C)c4)cc32)c1. The highest BCUT2D eigenvalue weighted by Gasteiger charge is 2.45. The van der Waals surface area contributed by atoms with Gasteiger partial charge >= 0.3 is 0 Å². The first kappa shape index (κ1) is 39.6. The number of nitrogens with zero attached hydrogens (tertiary/aromatic N) is 4. The minimum atomic E-state index is -0.103. The molecule has 1 aliphatic carbocycles. The van der Waals surface area contributed by atoms with E-state index in [0.717, 1.165) is 46.2 Å². The lowest BCUT2D eigenvalue weighted by Crippen LogP contribution is -2.37. The molecule has 0 fully saturated rings. The third kappa shape index (κ3) is 7.35. The number of ether oxygens (including phenoxy) is 1. The standard InChI is InChI=1S/C51H64N4O/c1-15-34-22-23-52-46(24-34)54-44-19-17-16-18-40(44)41-21-20-38(30-45(41)54)56-39-28-36(49(6,7)8)27-37(29-39)55-33(5)47(32(4)53-55)48-42(50(9,10)11)25-35(31(2)3)26-43(48)51(12,13)14/h16-25,27-31,35,43,48H,15,26H2,1-14H3/t35-,43?,48-/m0/s1. The smallest absolute Gasteiger partial charge is 0.137 e. The molecule has 0 spiro atoms. The summed E-state index contributed by atoms with van der Waals surface area (Å²) in [7, 11) is 0. The predicted molar refractivity (Wildman–Crippen MR) is 236 cm³/mol. The Morgan fingerprint density at radius 2 is 1.50 bits per heavy atom. The molecule has 0 radical (unpaired) electrons. The number of pyridine rings is 1. The van der Waals surface area contributed by atoms with Crippen LogP contribution in [0, 0.1) is 42.4 Å². The van der Waals surface area contributed by atoms with E-state index < -0.39 is 0 Å². The molecule has 5 heteroatoms. The maximum absolute atomic E-state index is 6.88. The summed E-state index contributed by atoms with van der Waals surface area (Å²) in [5, 5.41) is 7.74. The van der Waals surface area contributed by atoms with E-state index in [9.17, 15) is 0 Å². The van der Waals surface area contributed by atoms with Crippen molar-refractivity contribution in [2.24, 2.45) is 28.6 Å². The number of aryl methyl sites for hydroxylation is 2.